The minimum atomic E-state index is -0.244. The van der Waals surface area contributed by atoms with E-state index in [0.717, 1.165) is 43.7 Å². The highest BCUT2D eigenvalue weighted by Crippen LogP contribution is 2.36. The number of aromatic nitrogens is 1. The molecule has 6 nitrogen and oxygen atoms in total. The van der Waals surface area contributed by atoms with E-state index >= 15 is 0 Å². The van der Waals surface area contributed by atoms with Gasteiger partial charge in [0, 0.05) is 31.7 Å². The van der Waals surface area contributed by atoms with Crippen molar-refractivity contribution in [2.24, 2.45) is 5.92 Å². The SMILES string of the molecule is CCCn1c(N2CCCCC2)c(/C=C2\SC(=S)N(CC(C)C)C2=O)c(C)c(C#N)c1=O. The number of pyridine rings is 1. The van der Waals surface area contributed by atoms with Gasteiger partial charge in [0.15, 0.2) is 0 Å². The van der Waals surface area contributed by atoms with Gasteiger partial charge in [-0.25, -0.2) is 0 Å². The molecule has 0 spiro atoms. The van der Waals surface area contributed by atoms with Crippen LogP contribution in [0.1, 0.15) is 63.1 Å². The van der Waals surface area contributed by atoms with Crippen molar-refractivity contribution in [3.8, 4) is 6.07 Å². The fourth-order valence-corrected chi connectivity index (χ4v) is 5.43. The van der Waals surface area contributed by atoms with Gasteiger partial charge in [-0.1, -0.05) is 44.8 Å². The first-order valence-electron chi connectivity index (χ1n) is 11.0. The summed E-state index contributed by atoms with van der Waals surface area (Å²) in [5.41, 5.74) is 1.33. The number of nitrogens with zero attached hydrogens (tertiary/aromatic N) is 4. The molecule has 0 aliphatic carbocycles. The minimum Gasteiger partial charge on any atom is -0.357 e. The predicted octanol–water partition coefficient (Wildman–Crippen LogP) is 4.29. The fraction of sp³-hybridized carbons (Fsp3) is 0.565. The van der Waals surface area contributed by atoms with E-state index in [9.17, 15) is 14.9 Å². The van der Waals surface area contributed by atoms with Gasteiger partial charge in [-0.15, -0.1) is 0 Å². The summed E-state index contributed by atoms with van der Waals surface area (Å²) < 4.78 is 2.29. The smallest absolute Gasteiger partial charge is 0.270 e. The predicted molar refractivity (Wildman–Crippen MR) is 131 cm³/mol. The van der Waals surface area contributed by atoms with Crippen molar-refractivity contribution in [2.75, 3.05) is 24.5 Å². The van der Waals surface area contributed by atoms with Gasteiger partial charge >= 0.3 is 0 Å². The number of thioether (sulfide) groups is 1. The highest BCUT2D eigenvalue weighted by atomic mass is 32.2. The van der Waals surface area contributed by atoms with E-state index in [1.54, 1.807) is 9.47 Å². The number of piperidine rings is 1. The molecule has 0 saturated carbocycles. The summed E-state index contributed by atoms with van der Waals surface area (Å²) in [6.45, 7) is 10.8. The maximum atomic E-state index is 13.1. The molecular weight excluding hydrogens is 428 g/mol. The highest BCUT2D eigenvalue weighted by molar-refractivity contribution is 8.26. The van der Waals surface area contributed by atoms with Gasteiger partial charge in [0.25, 0.3) is 11.5 Å². The first kappa shape index (κ1) is 23.6. The van der Waals surface area contributed by atoms with E-state index < -0.39 is 0 Å². The van der Waals surface area contributed by atoms with Crippen LogP contribution in [0.3, 0.4) is 0 Å². The first-order chi connectivity index (χ1) is 14.8. The van der Waals surface area contributed by atoms with Crippen molar-refractivity contribution in [1.29, 1.82) is 5.26 Å². The van der Waals surface area contributed by atoms with Gasteiger partial charge in [-0.2, -0.15) is 5.26 Å². The van der Waals surface area contributed by atoms with Crippen molar-refractivity contribution in [3.05, 3.63) is 31.9 Å². The molecule has 2 fully saturated rings. The lowest BCUT2D eigenvalue weighted by molar-refractivity contribution is -0.122. The van der Waals surface area contributed by atoms with Crippen LogP contribution in [0.15, 0.2) is 9.70 Å². The monoisotopic (exact) mass is 458 g/mol. The molecule has 2 aliphatic heterocycles. The van der Waals surface area contributed by atoms with Crippen LogP contribution in [0.4, 0.5) is 5.82 Å². The Labute approximate surface area is 193 Å². The van der Waals surface area contributed by atoms with E-state index in [1.165, 1.54) is 18.2 Å². The van der Waals surface area contributed by atoms with Gasteiger partial charge in [0.2, 0.25) is 0 Å². The van der Waals surface area contributed by atoms with E-state index in [1.807, 2.05) is 19.9 Å². The Kier molecular flexibility index (Phi) is 7.60. The Morgan fingerprint density at radius 1 is 1.23 bits per heavy atom. The third-order valence-corrected chi connectivity index (χ3v) is 7.02. The van der Waals surface area contributed by atoms with Crippen LogP contribution >= 0.6 is 24.0 Å². The second kappa shape index (κ2) is 10.0. The Morgan fingerprint density at radius 3 is 2.48 bits per heavy atom. The third kappa shape index (κ3) is 4.73. The van der Waals surface area contributed by atoms with Crippen molar-refractivity contribution in [1.82, 2.24) is 9.47 Å². The maximum absolute atomic E-state index is 13.1. The summed E-state index contributed by atoms with van der Waals surface area (Å²) in [5, 5.41) is 9.71. The largest absolute Gasteiger partial charge is 0.357 e. The first-order valence-corrected chi connectivity index (χ1v) is 12.2. The lowest BCUT2D eigenvalue weighted by Gasteiger charge is -2.33. The van der Waals surface area contributed by atoms with E-state index in [4.69, 9.17) is 12.2 Å². The number of amides is 1. The van der Waals surface area contributed by atoms with Crippen LogP contribution in [-0.2, 0) is 11.3 Å². The van der Waals surface area contributed by atoms with Gasteiger partial charge in [-0.05, 0) is 50.2 Å². The molecule has 8 heteroatoms. The van der Waals surface area contributed by atoms with Crippen LogP contribution in [0.25, 0.3) is 6.08 Å². The molecule has 3 rings (SSSR count). The molecule has 31 heavy (non-hydrogen) atoms. The zero-order chi connectivity index (χ0) is 22.7. The van der Waals surface area contributed by atoms with Crippen LogP contribution in [0.2, 0.25) is 0 Å². The van der Waals surface area contributed by atoms with E-state index in [0.29, 0.717) is 33.8 Å². The average molecular weight is 459 g/mol. The molecule has 0 atom stereocenters. The molecule has 3 heterocycles. The lowest BCUT2D eigenvalue weighted by Crippen LogP contribution is -2.37. The number of anilines is 1. The zero-order valence-corrected chi connectivity index (χ0v) is 20.4. The molecule has 166 valence electrons. The van der Waals surface area contributed by atoms with Crippen LogP contribution in [0, 0.1) is 24.2 Å². The molecule has 2 saturated heterocycles. The van der Waals surface area contributed by atoms with Crippen molar-refractivity contribution < 1.29 is 4.79 Å². The number of hydrogen-bond acceptors (Lipinski definition) is 6. The topological polar surface area (TPSA) is 69.3 Å². The summed E-state index contributed by atoms with van der Waals surface area (Å²) in [6, 6.07) is 2.10. The summed E-state index contributed by atoms with van der Waals surface area (Å²) in [5.74, 6) is 1.04. The second-order valence-corrected chi connectivity index (χ2v) is 10.2. The van der Waals surface area contributed by atoms with E-state index in [2.05, 4.69) is 24.8 Å². The Bertz CT molecular complexity index is 1010. The zero-order valence-electron chi connectivity index (χ0n) is 18.7. The summed E-state index contributed by atoms with van der Waals surface area (Å²) in [7, 11) is 0. The highest BCUT2D eigenvalue weighted by Gasteiger charge is 2.33. The molecule has 1 aromatic heterocycles. The van der Waals surface area contributed by atoms with Crippen molar-refractivity contribution in [3.63, 3.8) is 0 Å². The third-order valence-electron chi connectivity index (χ3n) is 5.65. The van der Waals surface area contributed by atoms with Gasteiger partial charge in [0.05, 0.1) is 4.91 Å². The Balaban J connectivity index is 2.21. The van der Waals surface area contributed by atoms with E-state index in [-0.39, 0.29) is 17.0 Å². The lowest BCUT2D eigenvalue weighted by atomic mass is 10.0. The fourth-order valence-electron chi connectivity index (χ4n) is 4.18. The minimum absolute atomic E-state index is 0.0977. The number of hydrogen-bond donors (Lipinski definition) is 0. The normalized spacial score (nSPS) is 18.4. The standard InChI is InChI=1S/C23H30N4O2S2/c1-5-9-26-20(25-10-7-6-8-11-25)17(16(4)18(13-24)21(26)28)12-19-22(29)27(14-15(2)3)23(30)31-19/h12,15H,5-11,14H2,1-4H3/b19-12-. The number of carbonyl (C=O) groups is 1. The molecule has 0 N–H and O–H groups in total. The summed E-state index contributed by atoms with van der Waals surface area (Å²) in [6.07, 6.45) is 5.94. The number of rotatable bonds is 6. The summed E-state index contributed by atoms with van der Waals surface area (Å²) >= 11 is 6.77. The maximum Gasteiger partial charge on any atom is 0.270 e. The number of carbonyl (C=O) groups excluding carboxylic acids is 1. The second-order valence-electron chi connectivity index (χ2n) is 8.54. The Hall–Kier alpha value is -2.11. The molecule has 1 amide bonds. The Morgan fingerprint density at radius 2 is 1.90 bits per heavy atom. The molecular formula is C23H30N4O2S2. The summed E-state index contributed by atoms with van der Waals surface area (Å²) in [4.78, 5) is 30.7. The molecule has 0 aromatic carbocycles. The van der Waals surface area contributed by atoms with Crippen LogP contribution in [-0.4, -0.2) is 39.3 Å². The van der Waals surface area contributed by atoms with Gasteiger partial charge < -0.3 is 4.90 Å². The number of thiocarbonyl (C=S) groups is 1. The van der Waals surface area contributed by atoms with Crippen molar-refractivity contribution >= 4 is 46.1 Å². The van der Waals surface area contributed by atoms with Gasteiger partial charge in [0.1, 0.15) is 21.8 Å². The molecule has 0 bridgehead atoms. The molecule has 1 aromatic rings. The van der Waals surface area contributed by atoms with Gasteiger partial charge in [-0.3, -0.25) is 19.1 Å². The van der Waals surface area contributed by atoms with Crippen LogP contribution < -0.4 is 10.5 Å². The molecule has 2 aliphatic rings. The quantitative estimate of drug-likeness (QED) is 0.468. The number of nitriles is 1. The molecule has 0 unspecified atom stereocenters. The average Bonchev–Trinajstić information content (AvgIpc) is 2.99. The molecule has 0 radical (unpaired) electrons. The van der Waals surface area contributed by atoms with Crippen LogP contribution in [0.5, 0.6) is 0 Å². The van der Waals surface area contributed by atoms with Crippen molar-refractivity contribution in [2.45, 2.75) is 59.9 Å².